The van der Waals surface area contributed by atoms with E-state index in [-0.39, 0.29) is 5.54 Å². The number of hydrogen-bond acceptors (Lipinski definition) is 6. The Hall–Kier alpha value is -1.70. The molecule has 0 unspecified atom stereocenters. The van der Waals surface area contributed by atoms with Crippen LogP contribution in [0.2, 0.25) is 0 Å². The number of aromatic nitrogens is 3. The van der Waals surface area contributed by atoms with Crippen LogP contribution in [-0.4, -0.2) is 58.2 Å². The molecule has 0 aliphatic carbocycles. The predicted molar refractivity (Wildman–Crippen MR) is 150 cm³/mol. The molecule has 3 aromatic rings. The molecule has 5 rings (SSSR count). The third-order valence-electron chi connectivity index (χ3n) is 7.72. The first kappa shape index (κ1) is 25.0. The highest BCUT2D eigenvalue weighted by Gasteiger charge is 2.26. The number of anilines is 1. The van der Waals surface area contributed by atoms with E-state index in [9.17, 15) is 0 Å². The third kappa shape index (κ3) is 5.52. The van der Waals surface area contributed by atoms with E-state index in [4.69, 9.17) is 9.97 Å². The fourth-order valence-corrected chi connectivity index (χ4v) is 7.02. The van der Waals surface area contributed by atoms with Crippen molar-refractivity contribution in [3.05, 3.63) is 16.8 Å². The molecule has 35 heavy (non-hydrogen) atoms. The van der Waals surface area contributed by atoms with Crippen LogP contribution in [0.25, 0.3) is 21.3 Å². The number of pyridine rings is 1. The van der Waals surface area contributed by atoms with Crippen LogP contribution < -0.4 is 10.6 Å². The van der Waals surface area contributed by atoms with Gasteiger partial charge in [0.1, 0.15) is 11.3 Å². The zero-order chi connectivity index (χ0) is 24.6. The van der Waals surface area contributed by atoms with Gasteiger partial charge in [-0.2, -0.15) is 0 Å². The Bertz CT molecular complexity index is 1140. The van der Waals surface area contributed by atoms with E-state index in [1.807, 2.05) is 11.3 Å². The summed E-state index contributed by atoms with van der Waals surface area (Å²) >= 11 is 1.99. The lowest BCUT2D eigenvalue weighted by molar-refractivity contribution is 0.257. The molecule has 0 radical (unpaired) electrons. The lowest BCUT2D eigenvalue weighted by atomic mass is 9.95. The molecule has 0 saturated carbocycles. The van der Waals surface area contributed by atoms with Crippen molar-refractivity contribution in [3.63, 3.8) is 0 Å². The van der Waals surface area contributed by atoms with E-state index in [1.54, 1.807) is 0 Å². The number of fused-ring (bicyclic) bond motifs is 3. The maximum absolute atomic E-state index is 5.30. The smallest absolute Gasteiger partial charge is 0.155 e. The van der Waals surface area contributed by atoms with Crippen molar-refractivity contribution in [2.24, 2.45) is 5.92 Å². The number of likely N-dealkylation sites (tertiary alicyclic amines) is 1. The summed E-state index contributed by atoms with van der Waals surface area (Å²) in [6, 6.07) is 2.40. The highest BCUT2D eigenvalue weighted by Crippen LogP contribution is 2.41. The standard InChI is InChI=1S/C28H44N6S/c1-6-7-8-23-31-24-25(34(23)18-19-9-13-29-14-10-19)26-21(30-27(24)32-28(2,3)4)17-22(35-26)20-11-15-33(5)16-12-20/h17,19-20,29H,6-16,18H2,1-5H3,(H,30,32). The van der Waals surface area contributed by atoms with Crippen molar-refractivity contribution in [2.45, 2.75) is 90.6 Å². The molecule has 5 heterocycles. The van der Waals surface area contributed by atoms with Gasteiger partial charge < -0.3 is 20.1 Å². The average molecular weight is 497 g/mol. The summed E-state index contributed by atoms with van der Waals surface area (Å²) in [7, 11) is 2.24. The molecule has 0 atom stereocenters. The van der Waals surface area contributed by atoms with E-state index >= 15 is 0 Å². The minimum atomic E-state index is -0.0667. The molecular formula is C28H44N6S. The molecule has 2 fully saturated rings. The summed E-state index contributed by atoms with van der Waals surface area (Å²) < 4.78 is 3.95. The van der Waals surface area contributed by atoms with Gasteiger partial charge >= 0.3 is 0 Å². The van der Waals surface area contributed by atoms with Crippen LogP contribution in [0.15, 0.2) is 6.07 Å². The van der Waals surface area contributed by atoms with Crippen LogP contribution in [0, 0.1) is 5.92 Å². The Morgan fingerprint density at radius 1 is 1.11 bits per heavy atom. The van der Waals surface area contributed by atoms with Crippen LogP contribution in [-0.2, 0) is 13.0 Å². The first-order valence-electron chi connectivity index (χ1n) is 13.8. The zero-order valence-corrected chi connectivity index (χ0v) is 23.2. The number of aryl methyl sites for hydroxylation is 1. The number of imidazole rings is 1. The molecule has 0 amide bonds. The first-order chi connectivity index (χ1) is 16.8. The zero-order valence-electron chi connectivity index (χ0n) is 22.4. The number of unbranched alkanes of at least 4 members (excludes halogenated alkanes) is 1. The Morgan fingerprint density at radius 2 is 1.86 bits per heavy atom. The van der Waals surface area contributed by atoms with Crippen molar-refractivity contribution in [3.8, 4) is 0 Å². The van der Waals surface area contributed by atoms with Gasteiger partial charge in [-0.05, 0) is 104 Å². The van der Waals surface area contributed by atoms with Gasteiger partial charge in [-0.3, -0.25) is 0 Å². The van der Waals surface area contributed by atoms with Crippen LogP contribution in [0.3, 0.4) is 0 Å². The number of hydrogen-bond donors (Lipinski definition) is 2. The predicted octanol–water partition coefficient (Wildman–Crippen LogP) is 6.01. The van der Waals surface area contributed by atoms with Gasteiger partial charge in [0.15, 0.2) is 5.82 Å². The Morgan fingerprint density at radius 3 is 2.54 bits per heavy atom. The van der Waals surface area contributed by atoms with E-state index in [0.717, 1.165) is 42.9 Å². The van der Waals surface area contributed by atoms with Gasteiger partial charge in [0.05, 0.1) is 15.7 Å². The minimum Gasteiger partial charge on any atom is -0.364 e. The van der Waals surface area contributed by atoms with Gasteiger partial charge in [-0.25, -0.2) is 9.97 Å². The molecule has 0 aromatic carbocycles. The second kappa shape index (κ2) is 10.3. The van der Waals surface area contributed by atoms with Gasteiger partial charge in [-0.1, -0.05) is 13.3 Å². The van der Waals surface area contributed by atoms with Gasteiger partial charge in [-0.15, -0.1) is 11.3 Å². The number of rotatable bonds is 7. The van der Waals surface area contributed by atoms with E-state index in [0.29, 0.717) is 11.8 Å². The highest BCUT2D eigenvalue weighted by atomic mass is 32.1. The summed E-state index contributed by atoms with van der Waals surface area (Å²) in [4.78, 5) is 14.5. The molecule has 2 N–H and O–H groups in total. The summed E-state index contributed by atoms with van der Waals surface area (Å²) in [6.45, 7) is 14.6. The second-order valence-corrected chi connectivity index (χ2v) is 13.0. The van der Waals surface area contributed by atoms with Crippen molar-refractivity contribution in [1.29, 1.82) is 0 Å². The van der Waals surface area contributed by atoms with Crippen molar-refractivity contribution in [1.82, 2.24) is 24.8 Å². The number of piperidine rings is 2. The van der Waals surface area contributed by atoms with Crippen molar-refractivity contribution < 1.29 is 0 Å². The fourth-order valence-electron chi connectivity index (χ4n) is 5.70. The van der Waals surface area contributed by atoms with Gasteiger partial charge in [0.2, 0.25) is 0 Å². The average Bonchev–Trinajstić information content (AvgIpc) is 3.40. The Kier molecular flexibility index (Phi) is 7.38. The van der Waals surface area contributed by atoms with E-state index in [2.05, 4.69) is 60.9 Å². The lowest BCUT2D eigenvalue weighted by Gasteiger charge is -2.28. The Balaban J connectivity index is 1.66. The maximum Gasteiger partial charge on any atom is 0.155 e. The van der Waals surface area contributed by atoms with E-state index < -0.39 is 0 Å². The summed E-state index contributed by atoms with van der Waals surface area (Å²) in [6.07, 6.45) is 8.40. The monoisotopic (exact) mass is 496 g/mol. The van der Waals surface area contributed by atoms with Crippen molar-refractivity contribution in [2.75, 3.05) is 38.5 Å². The molecule has 7 heteroatoms. The number of nitrogens with one attached hydrogen (secondary N) is 2. The van der Waals surface area contributed by atoms with Crippen LogP contribution >= 0.6 is 11.3 Å². The number of nitrogens with zero attached hydrogens (tertiary/aromatic N) is 4. The topological polar surface area (TPSA) is 58.0 Å². The highest BCUT2D eigenvalue weighted by molar-refractivity contribution is 7.20. The SMILES string of the molecule is CCCCc1nc2c(NC(C)(C)C)nc3cc(C4CCN(C)CC4)sc3c2n1CC1CCNCC1. The first-order valence-corrected chi connectivity index (χ1v) is 14.6. The molecule has 2 aliphatic heterocycles. The van der Waals surface area contributed by atoms with Crippen LogP contribution in [0.1, 0.15) is 82.8 Å². The van der Waals surface area contributed by atoms with Crippen LogP contribution in [0.5, 0.6) is 0 Å². The third-order valence-corrected chi connectivity index (χ3v) is 9.01. The molecule has 2 aliphatic rings. The molecule has 0 bridgehead atoms. The van der Waals surface area contributed by atoms with Gasteiger partial charge in [0.25, 0.3) is 0 Å². The maximum atomic E-state index is 5.30. The molecule has 0 spiro atoms. The van der Waals surface area contributed by atoms with E-state index in [1.165, 1.54) is 72.5 Å². The minimum absolute atomic E-state index is 0.0667. The largest absolute Gasteiger partial charge is 0.364 e. The summed E-state index contributed by atoms with van der Waals surface area (Å²) in [5.41, 5.74) is 3.49. The summed E-state index contributed by atoms with van der Waals surface area (Å²) in [5, 5.41) is 7.25. The fraction of sp³-hybridized carbons (Fsp3) is 0.714. The number of thiophene rings is 1. The summed E-state index contributed by atoms with van der Waals surface area (Å²) in [5.74, 6) is 3.57. The molecule has 192 valence electrons. The van der Waals surface area contributed by atoms with Crippen LogP contribution in [0.4, 0.5) is 5.82 Å². The van der Waals surface area contributed by atoms with Gasteiger partial charge in [0, 0.05) is 23.4 Å². The second-order valence-electron chi connectivity index (χ2n) is 11.9. The molecule has 2 saturated heterocycles. The Labute approximate surface area is 214 Å². The quantitative estimate of drug-likeness (QED) is 0.420. The lowest BCUT2D eigenvalue weighted by Crippen LogP contribution is -2.30. The normalized spacial score (nSPS) is 19.2. The molecule has 6 nitrogen and oxygen atoms in total. The molecular weight excluding hydrogens is 452 g/mol. The van der Waals surface area contributed by atoms with Crippen molar-refractivity contribution >= 4 is 38.4 Å². The molecule has 3 aromatic heterocycles.